The van der Waals surface area contributed by atoms with E-state index < -0.39 is 53.4 Å². The van der Waals surface area contributed by atoms with E-state index in [0.717, 1.165) is 36.4 Å². The Morgan fingerprint density at radius 2 is 1.63 bits per heavy atom. The molecule has 0 spiro atoms. The van der Waals surface area contributed by atoms with Crippen LogP contribution in [0.2, 0.25) is 0 Å². The molecule has 0 aliphatic carbocycles. The van der Waals surface area contributed by atoms with E-state index in [0.29, 0.717) is 24.7 Å². The highest BCUT2D eigenvalue weighted by atomic mass is 19.4. The lowest BCUT2D eigenvalue weighted by atomic mass is 9.83. The van der Waals surface area contributed by atoms with Crippen LogP contribution < -0.4 is 29.3 Å². The van der Waals surface area contributed by atoms with Gasteiger partial charge in [0.2, 0.25) is 5.91 Å². The minimum Gasteiger partial charge on any atom is -0.497 e. The molecule has 2 unspecified atom stereocenters. The highest BCUT2D eigenvalue weighted by Crippen LogP contribution is 2.45. The molecular weight excluding hydrogens is 619 g/mol. The van der Waals surface area contributed by atoms with E-state index in [9.17, 15) is 22.8 Å². The second-order valence-corrected chi connectivity index (χ2v) is 11.2. The Morgan fingerprint density at radius 3 is 2.17 bits per heavy atom. The average molecular weight is 649 g/mol. The van der Waals surface area contributed by atoms with Gasteiger partial charge in [0.1, 0.15) is 40.5 Å². The first-order valence-corrected chi connectivity index (χ1v) is 14.3. The number of hydrogen-bond donors (Lipinski definition) is 1. The van der Waals surface area contributed by atoms with Crippen molar-refractivity contribution in [2.75, 3.05) is 43.7 Å². The standard InChI is InChI=1S/C31H29F5N4O6/c1-15-27(28-21(32)8-18(43-2)9-22(28)33)20(12-37-29(41)16-4-6-17(7-5-16)46-31(34,35)36)30(42)40(15)26-11-19(44-3)10-25(38-26)39-13-24-23(39)14-45-24/h4-11,15,20,23-24,27H,12-14H2,1-3H3,(H,37,41)/t15-,20?,23+,24?,27+/m0/s1. The molecule has 15 heteroatoms. The van der Waals surface area contributed by atoms with Crippen LogP contribution in [-0.4, -0.2) is 75.3 Å². The Labute approximate surface area is 260 Å². The number of benzene rings is 2. The van der Waals surface area contributed by atoms with Crippen LogP contribution in [0.5, 0.6) is 17.2 Å². The third-order valence-corrected chi connectivity index (χ3v) is 8.61. The zero-order chi connectivity index (χ0) is 32.9. The predicted molar refractivity (Wildman–Crippen MR) is 153 cm³/mol. The molecular formula is C31H29F5N4O6. The Kier molecular flexibility index (Phi) is 8.12. The molecule has 244 valence electrons. The number of carbonyl (C=O) groups excluding carboxylic acids is 2. The van der Waals surface area contributed by atoms with Crippen molar-refractivity contribution in [3.8, 4) is 17.2 Å². The second-order valence-electron chi connectivity index (χ2n) is 11.2. The van der Waals surface area contributed by atoms with Crippen molar-refractivity contribution in [1.82, 2.24) is 10.3 Å². The van der Waals surface area contributed by atoms with Gasteiger partial charge in [-0.3, -0.25) is 14.5 Å². The van der Waals surface area contributed by atoms with Crippen LogP contribution in [0.15, 0.2) is 48.5 Å². The van der Waals surface area contributed by atoms with Gasteiger partial charge in [0.25, 0.3) is 5.91 Å². The Morgan fingerprint density at radius 1 is 1.00 bits per heavy atom. The molecule has 10 nitrogen and oxygen atoms in total. The van der Waals surface area contributed by atoms with E-state index in [-0.39, 0.29) is 41.4 Å². The number of fused-ring (bicyclic) bond motifs is 1. The highest BCUT2D eigenvalue weighted by molar-refractivity contribution is 6.00. The lowest BCUT2D eigenvalue weighted by Gasteiger charge is -2.55. The summed E-state index contributed by atoms with van der Waals surface area (Å²) >= 11 is 0. The number of anilines is 2. The molecule has 6 rings (SSSR count). The molecule has 3 aliphatic heterocycles. The van der Waals surface area contributed by atoms with E-state index >= 15 is 8.78 Å². The minimum absolute atomic E-state index is 0.0184. The number of aromatic nitrogens is 1. The number of nitrogens with zero attached hydrogens (tertiary/aromatic N) is 3. The van der Waals surface area contributed by atoms with E-state index in [1.165, 1.54) is 19.1 Å². The fraction of sp³-hybridized carbons (Fsp3) is 0.387. The number of nitrogens with one attached hydrogen (secondary N) is 1. The van der Waals surface area contributed by atoms with E-state index in [2.05, 4.69) is 10.1 Å². The predicted octanol–water partition coefficient (Wildman–Crippen LogP) is 4.43. The molecule has 0 saturated carbocycles. The van der Waals surface area contributed by atoms with Crippen LogP contribution in [0.4, 0.5) is 33.6 Å². The van der Waals surface area contributed by atoms with Crippen molar-refractivity contribution in [3.63, 3.8) is 0 Å². The van der Waals surface area contributed by atoms with Gasteiger partial charge in [-0.15, -0.1) is 13.2 Å². The summed E-state index contributed by atoms with van der Waals surface area (Å²) in [6.45, 7) is 2.43. The number of halogens is 5. The number of ether oxygens (including phenoxy) is 4. The van der Waals surface area contributed by atoms with Crippen LogP contribution in [0.3, 0.4) is 0 Å². The number of amides is 2. The Hall–Kier alpha value is -4.66. The molecule has 2 amide bonds. The third-order valence-electron chi connectivity index (χ3n) is 8.61. The SMILES string of the molecule is COc1cc(N2CC3OC[C@H]32)nc(N2C(=O)C(CNC(=O)c3ccc(OC(F)(F)F)cc3)[C@H](c3c(F)cc(OC)cc3F)[C@@H]2C)c1. The Balaban J connectivity index is 1.31. The molecule has 4 heterocycles. The summed E-state index contributed by atoms with van der Waals surface area (Å²) in [6, 6.07) is 8.81. The van der Waals surface area contributed by atoms with E-state index in [1.807, 2.05) is 4.90 Å². The van der Waals surface area contributed by atoms with Gasteiger partial charge in [0.15, 0.2) is 0 Å². The summed E-state index contributed by atoms with van der Waals surface area (Å²) in [6.07, 6.45) is -4.80. The van der Waals surface area contributed by atoms with Gasteiger partial charge in [-0.2, -0.15) is 0 Å². The van der Waals surface area contributed by atoms with Gasteiger partial charge >= 0.3 is 6.36 Å². The molecule has 0 bridgehead atoms. The zero-order valence-electron chi connectivity index (χ0n) is 24.8. The van der Waals surface area contributed by atoms with Crippen LogP contribution in [0.25, 0.3) is 0 Å². The zero-order valence-corrected chi connectivity index (χ0v) is 24.8. The number of pyridine rings is 1. The summed E-state index contributed by atoms with van der Waals surface area (Å²) in [4.78, 5) is 35.2. The van der Waals surface area contributed by atoms with Crippen molar-refractivity contribution in [2.24, 2.45) is 5.92 Å². The molecule has 1 N–H and O–H groups in total. The summed E-state index contributed by atoms with van der Waals surface area (Å²) in [5, 5.41) is 2.60. The van der Waals surface area contributed by atoms with Crippen LogP contribution >= 0.6 is 0 Å². The maximum absolute atomic E-state index is 15.5. The normalized spacial score (nSPS) is 23.7. The maximum atomic E-state index is 15.5. The molecule has 0 radical (unpaired) electrons. The van der Waals surface area contributed by atoms with Crippen molar-refractivity contribution in [2.45, 2.75) is 37.4 Å². The molecule has 5 atom stereocenters. The Bertz CT molecular complexity index is 1630. The maximum Gasteiger partial charge on any atom is 0.573 e. The van der Waals surface area contributed by atoms with Crippen molar-refractivity contribution >= 4 is 23.5 Å². The van der Waals surface area contributed by atoms with Gasteiger partial charge in [0, 0.05) is 60.4 Å². The largest absolute Gasteiger partial charge is 0.573 e. The summed E-state index contributed by atoms with van der Waals surface area (Å²) < 4.78 is 88.5. The van der Waals surface area contributed by atoms with Gasteiger partial charge in [-0.05, 0) is 31.2 Å². The third kappa shape index (κ3) is 5.74. The van der Waals surface area contributed by atoms with Crippen molar-refractivity contribution < 1.29 is 50.5 Å². The van der Waals surface area contributed by atoms with Crippen LogP contribution in [-0.2, 0) is 9.53 Å². The average Bonchev–Trinajstić information content (AvgIpc) is 3.24. The number of rotatable bonds is 9. The van der Waals surface area contributed by atoms with Gasteiger partial charge in [-0.25, -0.2) is 13.8 Å². The van der Waals surface area contributed by atoms with Gasteiger partial charge in [-0.1, -0.05) is 0 Å². The lowest BCUT2D eigenvalue weighted by molar-refractivity contribution is -0.274. The lowest BCUT2D eigenvalue weighted by Crippen LogP contribution is -2.71. The van der Waals surface area contributed by atoms with E-state index in [4.69, 9.17) is 19.2 Å². The van der Waals surface area contributed by atoms with Crippen molar-refractivity contribution in [1.29, 1.82) is 0 Å². The quantitative estimate of drug-likeness (QED) is 0.341. The van der Waals surface area contributed by atoms with Crippen molar-refractivity contribution in [3.05, 3.63) is 71.3 Å². The van der Waals surface area contributed by atoms with E-state index in [1.54, 1.807) is 19.1 Å². The first-order valence-electron chi connectivity index (χ1n) is 14.3. The molecule has 2 aromatic carbocycles. The molecule has 3 saturated heterocycles. The monoisotopic (exact) mass is 648 g/mol. The molecule has 1 aromatic heterocycles. The summed E-state index contributed by atoms with van der Waals surface area (Å²) in [5.74, 6) is -4.80. The topological polar surface area (TPSA) is 102 Å². The molecule has 46 heavy (non-hydrogen) atoms. The smallest absolute Gasteiger partial charge is 0.497 e. The van der Waals surface area contributed by atoms with Crippen LogP contribution in [0, 0.1) is 17.6 Å². The molecule has 3 aromatic rings. The highest BCUT2D eigenvalue weighted by Gasteiger charge is 2.51. The first kappa shape index (κ1) is 31.3. The van der Waals surface area contributed by atoms with Crippen LogP contribution in [0.1, 0.15) is 28.8 Å². The molecule has 3 fully saturated rings. The first-order chi connectivity index (χ1) is 21.9. The fourth-order valence-electron chi connectivity index (χ4n) is 6.22. The summed E-state index contributed by atoms with van der Waals surface area (Å²) in [5.41, 5.74) is -0.382. The number of methoxy groups -OCH3 is 2. The summed E-state index contributed by atoms with van der Waals surface area (Å²) in [7, 11) is 2.73. The second kappa shape index (κ2) is 11.9. The minimum atomic E-state index is -4.90. The van der Waals surface area contributed by atoms with Gasteiger partial charge in [0.05, 0.1) is 38.9 Å². The fourth-order valence-corrected chi connectivity index (χ4v) is 6.22. The number of morpholine rings is 1. The number of hydrogen-bond acceptors (Lipinski definition) is 8. The number of carbonyl (C=O) groups is 2. The molecule has 3 aliphatic rings. The number of alkyl halides is 3. The van der Waals surface area contributed by atoms with Gasteiger partial charge < -0.3 is 29.2 Å².